The highest BCUT2D eigenvalue weighted by molar-refractivity contribution is 7.09. The van der Waals surface area contributed by atoms with E-state index in [1.807, 2.05) is 0 Å². The standard InChI is InChI=1S/C15H18N2O2S/c1-11-3-5-12(6-4-11)9-14-16-13(10-20-14)15(19)17(2)7-8-18/h3-6,10,18H,7-9H2,1-2H3. The summed E-state index contributed by atoms with van der Waals surface area (Å²) in [6.07, 6.45) is 0.738. The molecule has 0 aliphatic heterocycles. The number of aliphatic hydroxyl groups is 1. The quantitative estimate of drug-likeness (QED) is 0.917. The minimum atomic E-state index is -0.148. The summed E-state index contributed by atoms with van der Waals surface area (Å²) in [5.41, 5.74) is 2.87. The minimum Gasteiger partial charge on any atom is -0.395 e. The van der Waals surface area contributed by atoms with Gasteiger partial charge in [0.2, 0.25) is 0 Å². The van der Waals surface area contributed by atoms with Gasteiger partial charge in [-0.25, -0.2) is 4.98 Å². The zero-order chi connectivity index (χ0) is 14.5. The van der Waals surface area contributed by atoms with E-state index in [0.717, 1.165) is 11.4 Å². The SMILES string of the molecule is Cc1ccc(Cc2nc(C(=O)N(C)CCO)cs2)cc1. The topological polar surface area (TPSA) is 53.4 Å². The third-order valence-electron chi connectivity index (χ3n) is 3.03. The first-order valence-corrected chi connectivity index (χ1v) is 7.34. The average molecular weight is 290 g/mol. The van der Waals surface area contributed by atoms with Crippen LogP contribution in [0.4, 0.5) is 0 Å². The van der Waals surface area contributed by atoms with Gasteiger partial charge in [-0.15, -0.1) is 11.3 Å². The molecule has 0 spiro atoms. The second-order valence-electron chi connectivity index (χ2n) is 4.74. The Labute approximate surface area is 122 Å². The van der Waals surface area contributed by atoms with Crippen molar-refractivity contribution in [2.75, 3.05) is 20.2 Å². The van der Waals surface area contributed by atoms with Crippen LogP contribution in [0.5, 0.6) is 0 Å². The summed E-state index contributed by atoms with van der Waals surface area (Å²) >= 11 is 1.49. The summed E-state index contributed by atoms with van der Waals surface area (Å²) in [6, 6.07) is 8.31. The molecule has 20 heavy (non-hydrogen) atoms. The monoisotopic (exact) mass is 290 g/mol. The largest absolute Gasteiger partial charge is 0.395 e. The molecule has 1 aromatic carbocycles. The Hall–Kier alpha value is -1.72. The Morgan fingerprint density at radius 3 is 2.70 bits per heavy atom. The van der Waals surface area contributed by atoms with Gasteiger partial charge in [-0.2, -0.15) is 0 Å². The van der Waals surface area contributed by atoms with Crippen molar-refractivity contribution in [3.8, 4) is 0 Å². The first-order valence-electron chi connectivity index (χ1n) is 6.46. The minimum absolute atomic E-state index is 0.0391. The summed E-state index contributed by atoms with van der Waals surface area (Å²) in [4.78, 5) is 17.9. The highest BCUT2D eigenvalue weighted by atomic mass is 32.1. The van der Waals surface area contributed by atoms with E-state index in [2.05, 4.69) is 36.2 Å². The lowest BCUT2D eigenvalue weighted by Crippen LogP contribution is -2.29. The van der Waals surface area contributed by atoms with Crippen LogP contribution in [-0.2, 0) is 6.42 Å². The number of carbonyl (C=O) groups excluding carboxylic acids is 1. The van der Waals surface area contributed by atoms with Gasteiger partial charge in [0, 0.05) is 25.4 Å². The molecule has 106 valence electrons. The highest BCUT2D eigenvalue weighted by Gasteiger charge is 2.15. The van der Waals surface area contributed by atoms with Crippen molar-refractivity contribution in [1.29, 1.82) is 0 Å². The lowest BCUT2D eigenvalue weighted by atomic mass is 10.1. The van der Waals surface area contributed by atoms with Crippen molar-refractivity contribution >= 4 is 17.2 Å². The molecule has 4 nitrogen and oxygen atoms in total. The summed E-state index contributed by atoms with van der Waals surface area (Å²) < 4.78 is 0. The molecule has 0 aliphatic carbocycles. The number of hydrogen-bond donors (Lipinski definition) is 1. The predicted octanol–water partition coefficient (Wildman–Crippen LogP) is 2.11. The van der Waals surface area contributed by atoms with Crippen LogP contribution in [0.2, 0.25) is 0 Å². The Kier molecular flexibility index (Phi) is 4.87. The van der Waals surface area contributed by atoms with Gasteiger partial charge in [-0.1, -0.05) is 29.8 Å². The van der Waals surface area contributed by atoms with E-state index >= 15 is 0 Å². The summed E-state index contributed by atoms with van der Waals surface area (Å²) in [5.74, 6) is -0.148. The molecular weight excluding hydrogens is 272 g/mol. The molecule has 2 rings (SSSR count). The zero-order valence-corrected chi connectivity index (χ0v) is 12.5. The lowest BCUT2D eigenvalue weighted by Gasteiger charge is -2.13. The Balaban J connectivity index is 2.05. The van der Waals surface area contributed by atoms with Gasteiger partial charge < -0.3 is 10.0 Å². The van der Waals surface area contributed by atoms with Crippen LogP contribution in [0.1, 0.15) is 26.6 Å². The van der Waals surface area contributed by atoms with Crippen LogP contribution in [-0.4, -0.2) is 41.1 Å². The van der Waals surface area contributed by atoms with Crippen LogP contribution >= 0.6 is 11.3 Å². The van der Waals surface area contributed by atoms with Crippen molar-refractivity contribution in [3.63, 3.8) is 0 Å². The first kappa shape index (κ1) is 14.7. The molecule has 0 fully saturated rings. The van der Waals surface area contributed by atoms with Gasteiger partial charge in [0.15, 0.2) is 0 Å². The Morgan fingerprint density at radius 1 is 1.35 bits per heavy atom. The normalized spacial score (nSPS) is 10.6. The molecule has 1 heterocycles. The van der Waals surface area contributed by atoms with Gasteiger partial charge in [-0.05, 0) is 12.5 Å². The molecule has 0 radical (unpaired) electrons. The van der Waals surface area contributed by atoms with Crippen molar-refractivity contribution in [2.45, 2.75) is 13.3 Å². The van der Waals surface area contributed by atoms with Crippen molar-refractivity contribution < 1.29 is 9.90 Å². The van der Waals surface area contributed by atoms with Crippen molar-refractivity contribution in [3.05, 3.63) is 51.5 Å². The number of rotatable bonds is 5. The van der Waals surface area contributed by atoms with E-state index in [1.54, 1.807) is 12.4 Å². The fourth-order valence-corrected chi connectivity index (χ4v) is 2.62. The van der Waals surface area contributed by atoms with Crippen LogP contribution in [0, 0.1) is 6.92 Å². The predicted molar refractivity (Wildman–Crippen MR) is 80.1 cm³/mol. The van der Waals surface area contributed by atoms with Crippen LogP contribution in [0.15, 0.2) is 29.6 Å². The van der Waals surface area contributed by atoms with Gasteiger partial charge in [-0.3, -0.25) is 4.79 Å². The number of thiazole rings is 1. The summed E-state index contributed by atoms with van der Waals surface area (Å²) in [7, 11) is 1.66. The maximum absolute atomic E-state index is 12.0. The molecule has 5 heteroatoms. The zero-order valence-electron chi connectivity index (χ0n) is 11.7. The molecular formula is C15H18N2O2S. The summed E-state index contributed by atoms with van der Waals surface area (Å²) in [5, 5.41) is 11.5. The molecule has 0 bridgehead atoms. The van der Waals surface area contributed by atoms with E-state index in [1.165, 1.54) is 27.4 Å². The van der Waals surface area contributed by atoms with Crippen LogP contribution in [0.25, 0.3) is 0 Å². The fraction of sp³-hybridized carbons (Fsp3) is 0.333. The van der Waals surface area contributed by atoms with E-state index in [9.17, 15) is 4.79 Å². The number of aryl methyl sites for hydroxylation is 1. The molecule has 0 atom stereocenters. The third-order valence-corrected chi connectivity index (χ3v) is 3.88. The maximum Gasteiger partial charge on any atom is 0.273 e. The molecule has 1 N–H and O–H groups in total. The van der Waals surface area contributed by atoms with E-state index < -0.39 is 0 Å². The number of aromatic nitrogens is 1. The smallest absolute Gasteiger partial charge is 0.273 e. The van der Waals surface area contributed by atoms with Gasteiger partial charge >= 0.3 is 0 Å². The number of hydrogen-bond acceptors (Lipinski definition) is 4. The number of amides is 1. The van der Waals surface area contributed by atoms with Crippen molar-refractivity contribution in [1.82, 2.24) is 9.88 Å². The lowest BCUT2D eigenvalue weighted by molar-refractivity contribution is 0.0762. The van der Waals surface area contributed by atoms with Crippen molar-refractivity contribution in [2.24, 2.45) is 0 Å². The highest BCUT2D eigenvalue weighted by Crippen LogP contribution is 2.16. The van der Waals surface area contributed by atoms with E-state index in [4.69, 9.17) is 5.11 Å². The van der Waals surface area contributed by atoms with Gasteiger partial charge in [0.1, 0.15) is 5.69 Å². The molecule has 2 aromatic rings. The van der Waals surface area contributed by atoms with Gasteiger partial charge in [0.25, 0.3) is 5.91 Å². The fourth-order valence-electron chi connectivity index (χ4n) is 1.82. The maximum atomic E-state index is 12.0. The van der Waals surface area contributed by atoms with E-state index in [0.29, 0.717) is 12.2 Å². The second kappa shape index (κ2) is 6.63. The Morgan fingerprint density at radius 2 is 2.05 bits per heavy atom. The molecule has 0 aliphatic rings. The molecule has 0 unspecified atom stereocenters. The van der Waals surface area contributed by atoms with E-state index in [-0.39, 0.29) is 12.5 Å². The number of carbonyl (C=O) groups is 1. The molecule has 1 aromatic heterocycles. The number of nitrogens with zero attached hydrogens (tertiary/aromatic N) is 2. The number of aliphatic hydroxyl groups excluding tert-OH is 1. The Bertz CT molecular complexity index is 578. The molecule has 1 amide bonds. The molecule has 0 saturated heterocycles. The van der Waals surface area contributed by atoms with Crippen LogP contribution < -0.4 is 0 Å². The summed E-state index contributed by atoms with van der Waals surface area (Å²) in [6.45, 7) is 2.34. The number of benzene rings is 1. The molecule has 0 saturated carbocycles. The number of likely N-dealkylation sites (N-methyl/N-ethyl adjacent to an activating group) is 1. The second-order valence-corrected chi connectivity index (χ2v) is 5.68. The van der Waals surface area contributed by atoms with Crippen LogP contribution in [0.3, 0.4) is 0 Å². The first-order chi connectivity index (χ1) is 9.60. The average Bonchev–Trinajstić information content (AvgIpc) is 2.89. The third kappa shape index (κ3) is 3.65. The van der Waals surface area contributed by atoms with Gasteiger partial charge in [0.05, 0.1) is 11.6 Å².